The van der Waals surface area contributed by atoms with Gasteiger partial charge in [-0.25, -0.2) is 4.68 Å². The van der Waals surface area contributed by atoms with E-state index < -0.39 is 0 Å². The zero-order chi connectivity index (χ0) is 8.72. The Kier molecular flexibility index (Phi) is 1.92. The molecular weight excluding hydrogens is 286 g/mol. The van der Waals surface area contributed by atoms with Gasteiger partial charge >= 0.3 is 0 Å². The van der Waals surface area contributed by atoms with E-state index in [1.807, 2.05) is 19.2 Å². The lowest BCUT2D eigenvalue weighted by Gasteiger charge is -1.96. The van der Waals surface area contributed by atoms with Crippen molar-refractivity contribution in [2.45, 2.75) is 0 Å². The fourth-order valence-electron chi connectivity index (χ4n) is 1.11. The number of fused-ring (bicyclic) bond motifs is 1. The Hall–Kier alpha value is -0.420. The van der Waals surface area contributed by atoms with E-state index in [4.69, 9.17) is 0 Å². The molecule has 62 valence electrons. The molecule has 3 nitrogen and oxygen atoms in total. The monoisotopic (exact) mass is 289 g/mol. The molecule has 0 aliphatic heterocycles. The summed E-state index contributed by atoms with van der Waals surface area (Å²) in [6.45, 7) is 0. The minimum atomic E-state index is 0.888. The molecular formula is C7H5Br2N3. The summed E-state index contributed by atoms with van der Waals surface area (Å²) in [4.78, 5) is 0. The number of aromatic nitrogens is 3. The maximum atomic E-state index is 3.99. The van der Waals surface area contributed by atoms with Gasteiger partial charge in [-0.2, -0.15) is 0 Å². The Morgan fingerprint density at radius 3 is 2.83 bits per heavy atom. The van der Waals surface area contributed by atoms with E-state index in [9.17, 15) is 0 Å². The normalized spacial score (nSPS) is 10.9. The van der Waals surface area contributed by atoms with Crippen LogP contribution in [0, 0.1) is 0 Å². The second-order valence-electron chi connectivity index (χ2n) is 2.47. The predicted octanol–water partition coefficient (Wildman–Crippen LogP) is 2.49. The molecule has 2 rings (SSSR count). The summed E-state index contributed by atoms with van der Waals surface area (Å²) in [5, 5.41) is 7.91. The summed E-state index contributed by atoms with van der Waals surface area (Å²) in [6.07, 6.45) is 0. The highest BCUT2D eigenvalue weighted by Gasteiger charge is 2.05. The Balaban J connectivity index is 2.93. The van der Waals surface area contributed by atoms with E-state index in [-0.39, 0.29) is 0 Å². The topological polar surface area (TPSA) is 30.7 Å². The van der Waals surface area contributed by atoms with E-state index >= 15 is 0 Å². The maximum absolute atomic E-state index is 3.99. The molecule has 5 heteroatoms. The van der Waals surface area contributed by atoms with Gasteiger partial charge in [-0.1, -0.05) is 21.1 Å². The van der Waals surface area contributed by atoms with Crippen LogP contribution in [0.1, 0.15) is 0 Å². The summed E-state index contributed by atoms with van der Waals surface area (Å²) in [7, 11) is 1.87. The Morgan fingerprint density at radius 2 is 2.08 bits per heavy atom. The predicted molar refractivity (Wildman–Crippen MR) is 53.9 cm³/mol. The molecule has 0 fully saturated rings. The number of halogens is 2. The van der Waals surface area contributed by atoms with E-state index in [0.29, 0.717) is 0 Å². The van der Waals surface area contributed by atoms with Crippen molar-refractivity contribution in [3.05, 3.63) is 21.1 Å². The highest BCUT2D eigenvalue weighted by Crippen LogP contribution is 2.26. The average Bonchev–Trinajstić information content (AvgIpc) is 2.31. The van der Waals surface area contributed by atoms with Crippen molar-refractivity contribution in [3.63, 3.8) is 0 Å². The number of hydrogen-bond donors (Lipinski definition) is 0. The van der Waals surface area contributed by atoms with Crippen molar-refractivity contribution >= 4 is 42.9 Å². The third-order valence-corrected chi connectivity index (χ3v) is 2.68. The molecule has 2 aromatic rings. The van der Waals surface area contributed by atoms with Crippen molar-refractivity contribution in [3.8, 4) is 0 Å². The van der Waals surface area contributed by atoms with Gasteiger partial charge in [0.15, 0.2) is 0 Å². The molecule has 1 heterocycles. The Labute approximate surface area is 86.0 Å². The van der Waals surface area contributed by atoms with Crippen LogP contribution >= 0.6 is 31.9 Å². The molecule has 0 N–H and O–H groups in total. The first kappa shape index (κ1) is 8.19. The number of benzene rings is 1. The largest absolute Gasteiger partial charge is 0.247 e. The number of rotatable bonds is 0. The lowest BCUT2D eigenvalue weighted by Crippen LogP contribution is -1.89. The lowest BCUT2D eigenvalue weighted by atomic mass is 10.3. The molecule has 0 aliphatic rings. The van der Waals surface area contributed by atoms with Crippen LogP contribution in [0.3, 0.4) is 0 Å². The highest BCUT2D eigenvalue weighted by atomic mass is 79.9. The van der Waals surface area contributed by atoms with E-state index in [2.05, 4.69) is 42.2 Å². The summed E-state index contributed by atoms with van der Waals surface area (Å²) in [5.74, 6) is 0. The maximum Gasteiger partial charge on any atom is 0.115 e. The van der Waals surface area contributed by atoms with Crippen molar-refractivity contribution < 1.29 is 0 Å². The van der Waals surface area contributed by atoms with Crippen LogP contribution in [-0.2, 0) is 7.05 Å². The van der Waals surface area contributed by atoms with Gasteiger partial charge in [0.05, 0.1) is 0 Å². The number of hydrogen-bond acceptors (Lipinski definition) is 2. The minimum Gasteiger partial charge on any atom is -0.247 e. The van der Waals surface area contributed by atoms with Gasteiger partial charge < -0.3 is 0 Å². The smallest absolute Gasteiger partial charge is 0.115 e. The summed E-state index contributed by atoms with van der Waals surface area (Å²) < 4.78 is 3.74. The van der Waals surface area contributed by atoms with Crippen LogP contribution in [0.4, 0.5) is 0 Å². The lowest BCUT2D eigenvalue weighted by molar-refractivity contribution is 0.735. The third-order valence-electron chi connectivity index (χ3n) is 1.62. The zero-order valence-corrected chi connectivity index (χ0v) is 9.42. The van der Waals surface area contributed by atoms with Crippen LogP contribution in [0.5, 0.6) is 0 Å². The molecule has 0 saturated carbocycles. The molecule has 0 unspecified atom stereocenters. The van der Waals surface area contributed by atoms with Crippen LogP contribution in [0.15, 0.2) is 21.1 Å². The van der Waals surface area contributed by atoms with Gasteiger partial charge in [-0.3, -0.25) is 0 Å². The molecule has 0 aliphatic carbocycles. The second kappa shape index (κ2) is 2.81. The Morgan fingerprint density at radius 1 is 1.33 bits per heavy atom. The highest BCUT2D eigenvalue weighted by molar-refractivity contribution is 9.11. The molecule has 0 radical (unpaired) electrons. The minimum absolute atomic E-state index is 0.888. The van der Waals surface area contributed by atoms with E-state index in [1.165, 1.54) is 0 Å². The molecule has 0 bridgehead atoms. The van der Waals surface area contributed by atoms with Crippen molar-refractivity contribution in [2.24, 2.45) is 7.05 Å². The molecule has 0 amide bonds. The standard InChI is InChI=1S/C7H5Br2N3/c1-12-7-5(9)2-4(8)3-6(7)10-11-12/h2-3H,1H3. The van der Waals surface area contributed by atoms with Crippen LogP contribution in [0.25, 0.3) is 11.0 Å². The quantitative estimate of drug-likeness (QED) is 0.746. The summed E-state index contributed by atoms with van der Waals surface area (Å²) in [5.41, 5.74) is 1.90. The molecule has 0 spiro atoms. The summed E-state index contributed by atoms with van der Waals surface area (Å²) >= 11 is 6.83. The second-order valence-corrected chi connectivity index (χ2v) is 4.24. The van der Waals surface area contributed by atoms with Gasteiger partial charge in [0.2, 0.25) is 0 Å². The molecule has 1 aromatic carbocycles. The van der Waals surface area contributed by atoms with Gasteiger partial charge in [-0.15, -0.1) is 5.10 Å². The van der Waals surface area contributed by atoms with Crippen molar-refractivity contribution in [1.29, 1.82) is 0 Å². The first-order valence-corrected chi connectivity index (χ1v) is 4.91. The van der Waals surface area contributed by atoms with Gasteiger partial charge in [0, 0.05) is 16.0 Å². The number of aryl methyl sites for hydroxylation is 1. The van der Waals surface area contributed by atoms with E-state index in [1.54, 1.807) is 4.68 Å². The van der Waals surface area contributed by atoms with Crippen LogP contribution in [0.2, 0.25) is 0 Å². The van der Waals surface area contributed by atoms with E-state index in [0.717, 1.165) is 20.0 Å². The van der Waals surface area contributed by atoms with Gasteiger partial charge in [-0.05, 0) is 28.1 Å². The van der Waals surface area contributed by atoms with Gasteiger partial charge in [0.1, 0.15) is 11.0 Å². The average molecular weight is 291 g/mol. The summed E-state index contributed by atoms with van der Waals surface area (Å²) in [6, 6.07) is 3.92. The first-order chi connectivity index (χ1) is 5.68. The van der Waals surface area contributed by atoms with Crippen molar-refractivity contribution in [2.75, 3.05) is 0 Å². The SMILES string of the molecule is Cn1nnc2cc(Br)cc(Br)c21. The Bertz CT molecular complexity index is 435. The fourth-order valence-corrected chi connectivity index (χ4v) is 2.57. The molecule has 1 aromatic heterocycles. The zero-order valence-electron chi connectivity index (χ0n) is 6.25. The van der Waals surface area contributed by atoms with Crippen molar-refractivity contribution in [1.82, 2.24) is 15.0 Å². The fraction of sp³-hybridized carbons (Fsp3) is 0.143. The van der Waals surface area contributed by atoms with Crippen LogP contribution in [-0.4, -0.2) is 15.0 Å². The third kappa shape index (κ3) is 1.17. The first-order valence-electron chi connectivity index (χ1n) is 3.33. The molecule has 12 heavy (non-hydrogen) atoms. The molecule has 0 atom stereocenters. The van der Waals surface area contributed by atoms with Crippen LogP contribution < -0.4 is 0 Å². The van der Waals surface area contributed by atoms with Gasteiger partial charge in [0.25, 0.3) is 0 Å². The number of nitrogens with zero attached hydrogens (tertiary/aromatic N) is 3. The molecule has 0 saturated heterocycles.